The Morgan fingerprint density at radius 1 is 1.22 bits per heavy atom. The second-order valence-electron chi connectivity index (χ2n) is 4.36. The van der Waals surface area contributed by atoms with Crippen molar-refractivity contribution in [3.05, 3.63) is 29.5 Å². The molecule has 0 saturated heterocycles. The first-order chi connectivity index (χ1) is 8.35. The Labute approximate surface area is 106 Å². The van der Waals surface area contributed by atoms with Crippen LogP contribution in [0.15, 0.2) is 12.4 Å². The maximum absolute atomic E-state index is 11.0. The van der Waals surface area contributed by atoms with Gasteiger partial charge in [-0.3, -0.25) is 4.98 Å². The van der Waals surface area contributed by atoms with Crippen molar-refractivity contribution in [1.82, 2.24) is 19.1 Å². The molecule has 0 saturated carbocycles. The van der Waals surface area contributed by atoms with E-state index in [4.69, 9.17) is 0 Å². The van der Waals surface area contributed by atoms with Crippen molar-refractivity contribution >= 4 is 15.7 Å². The second-order valence-corrected chi connectivity index (χ2v) is 6.19. The predicted octanol–water partition coefficient (Wildman–Crippen LogP) is 0.438. The molecule has 0 fully saturated rings. The van der Waals surface area contributed by atoms with Crippen molar-refractivity contribution in [3.63, 3.8) is 0 Å². The molecule has 0 amide bonds. The quantitative estimate of drug-likeness (QED) is 0.873. The van der Waals surface area contributed by atoms with Crippen LogP contribution in [0.25, 0.3) is 5.65 Å². The highest BCUT2D eigenvalue weighted by Gasteiger charge is 2.08. The summed E-state index contributed by atoms with van der Waals surface area (Å²) in [5, 5.41) is 0. The minimum absolute atomic E-state index is 0.330. The van der Waals surface area contributed by atoms with Crippen molar-refractivity contribution < 1.29 is 8.42 Å². The zero-order valence-electron chi connectivity index (χ0n) is 10.6. The third kappa shape index (κ3) is 3.05. The van der Waals surface area contributed by atoms with E-state index in [0.717, 1.165) is 29.0 Å². The van der Waals surface area contributed by atoms with Crippen LogP contribution in [0, 0.1) is 13.8 Å². The van der Waals surface area contributed by atoms with Crippen LogP contribution in [-0.4, -0.2) is 35.6 Å². The Hall–Kier alpha value is -1.47. The fourth-order valence-electron chi connectivity index (χ4n) is 1.84. The summed E-state index contributed by atoms with van der Waals surface area (Å²) < 4.78 is 26.4. The number of aryl methyl sites for hydroxylation is 2. The summed E-state index contributed by atoms with van der Waals surface area (Å²) >= 11 is 0. The first-order valence-corrected chi connectivity index (χ1v) is 7.51. The Bertz CT molecular complexity index is 676. The molecule has 0 aliphatic carbocycles. The van der Waals surface area contributed by atoms with Crippen molar-refractivity contribution in [3.8, 4) is 0 Å². The molecule has 2 aromatic heterocycles. The van der Waals surface area contributed by atoms with E-state index in [2.05, 4.69) is 14.7 Å². The summed E-state index contributed by atoms with van der Waals surface area (Å²) in [6.07, 6.45) is 5.50. The zero-order chi connectivity index (χ0) is 13.3. The number of rotatable bonds is 4. The summed E-state index contributed by atoms with van der Waals surface area (Å²) in [7, 11) is -3.16. The Kier molecular flexibility index (Phi) is 3.36. The third-order valence-corrected chi connectivity index (χ3v) is 3.20. The molecular weight excluding hydrogens is 252 g/mol. The molecule has 6 nitrogen and oxygen atoms in total. The largest absolute Gasteiger partial charge is 0.303 e. The summed E-state index contributed by atoms with van der Waals surface area (Å²) in [4.78, 5) is 8.81. The predicted molar refractivity (Wildman–Crippen MR) is 69.0 cm³/mol. The summed E-state index contributed by atoms with van der Waals surface area (Å²) in [6.45, 7) is 4.15. The Morgan fingerprint density at radius 2 is 1.83 bits per heavy atom. The fourth-order valence-corrected chi connectivity index (χ4v) is 2.32. The highest BCUT2D eigenvalue weighted by molar-refractivity contribution is 7.88. The minimum atomic E-state index is -3.16. The van der Waals surface area contributed by atoms with E-state index in [1.807, 2.05) is 30.6 Å². The van der Waals surface area contributed by atoms with Gasteiger partial charge in [-0.25, -0.2) is 18.1 Å². The van der Waals surface area contributed by atoms with Gasteiger partial charge in [0.05, 0.1) is 23.3 Å². The third-order valence-electron chi connectivity index (χ3n) is 2.47. The lowest BCUT2D eigenvalue weighted by Crippen LogP contribution is -2.24. The molecule has 2 rings (SSSR count). The molecule has 0 aromatic carbocycles. The highest BCUT2D eigenvalue weighted by atomic mass is 32.2. The molecule has 0 bridgehead atoms. The topological polar surface area (TPSA) is 76.4 Å². The lowest BCUT2D eigenvalue weighted by molar-refractivity contribution is 0.587. The van der Waals surface area contributed by atoms with Gasteiger partial charge in [-0.15, -0.1) is 0 Å². The van der Waals surface area contributed by atoms with Gasteiger partial charge in [-0.1, -0.05) is 0 Å². The average molecular weight is 268 g/mol. The molecular formula is C11H16N4O2S. The monoisotopic (exact) mass is 268 g/mol. The van der Waals surface area contributed by atoms with Crippen LogP contribution < -0.4 is 4.72 Å². The normalized spacial score (nSPS) is 12.2. The molecule has 0 radical (unpaired) electrons. The van der Waals surface area contributed by atoms with Crippen LogP contribution in [0.1, 0.15) is 17.1 Å². The van der Waals surface area contributed by atoms with Crippen molar-refractivity contribution in [2.45, 2.75) is 20.3 Å². The van der Waals surface area contributed by atoms with Crippen molar-refractivity contribution in [2.75, 3.05) is 12.8 Å². The van der Waals surface area contributed by atoms with Crippen LogP contribution >= 0.6 is 0 Å². The lowest BCUT2D eigenvalue weighted by atomic mass is 10.3. The molecule has 98 valence electrons. The molecule has 1 N–H and O–H groups in total. The number of aromatic nitrogens is 3. The molecule has 0 aliphatic rings. The zero-order valence-corrected chi connectivity index (χ0v) is 11.5. The summed E-state index contributed by atoms with van der Waals surface area (Å²) in [5.74, 6) is 0. The van der Waals surface area contributed by atoms with Gasteiger partial charge in [0.25, 0.3) is 0 Å². The van der Waals surface area contributed by atoms with Gasteiger partial charge in [0, 0.05) is 25.4 Å². The van der Waals surface area contributed by atoms with Crippen molar-refractivity contribution in [2.24, 2.45) is 0 Å². The van der Waals surface area contributed by atoms with Crippen LogP contribution in [0.3, 0.4) is 0 Å². The number of hydrogen-bond acceptors (Lipinski definition) is 4. The number of imidazole rings is 1. The number of sulfonamides is 1. The second kappa shape index (κ2) is 4.66. The standard InChI is InChI=1S/C11H16N4O2S/c1-8-6-15-7-9(2)14-11(15)10(13-8)4-5-12-18(3,16)17/h6-7,12H,4-5H2,1-3H3. The summed E-state index contributed by atoms with van der Waals surface area (Å²) in [5.41, 5.74) is 3.39. The van der Waals surface area contributed by atoms with Crippen molar-refractivity contribution in [1.29, 1.82) is 0 Å². The van der Waals surface area contributed by atoms with Crippen LogP contribution in [-0.2, 0) is 16.4 Å². The minimum Gasteiger partial charge on any atom is -0.303 e. The number of hydrogen-bond donors (Lipinski definition) is 1. The van der Waals surface area contributed by atoms with Gasteiger partial charge in [-0.05, 0) is 13.8 Å². The Morgan fingerprint density at radius 3 is 2.44 bits per heavy atom. The fraction of sp³-hybridized carbons (Fsp3) is 0.455. The van der Waals surface area contributed by atoms with Gasteiger partial charge >= 0.3 is 0 Å². The number of nitrogens with one attached hydrogen (secondary N) is 1. The van der Waals surface area contributed by atoms with Gasteiger partial charge in [-0.2, -0.15) is 0 Å². The maximum Gasteiger partial charge on any atom is 0.208 e. The van der Waals surface area contributed by atoms with E-state index in [-0.39, 0.29) is 0 Å². The smallest absolute Gasteiger partial charge is 0.208 e. The summed E-state index contributed by atoms with van der Waals surface area (Å²) in [6, 6.07) is 0. The lowest BCUT2D eigenvalue weighted by Gasteiger charge is -2.05. The van der Waals surface area contributed by atoms with E-state index < -0.39 is 10.0 Å². The van der Waals surface area contributed by atoms with Gasteiger partial charge in [0.1, 0.15) is 0 Å². The van der Waals surface area contributed by atoms with E-state index in [1.165, 1.54) is 0 Å². The van der Waals surface area contributed by atoms with Gasteiger partial charge < -0.3 is 4.40 Å². The SMILES string of the molecule is Cc1cn2cc(C)nc2c(CCNS(C)(=O)=O)n1. The van der Waals surface area contributed by atoms with E-state index >= 15 is 0 Å². The molecule has 0 atom stereocenters. The van der Waals surface area contributed by atoms with E-state index in [9.17, 15) is 8.42 Å². The number of fused-ring (bicyclic) bond motifs is 1. The molecule has 0 aliphatic heterocycles. The van der Waals surface area contributed by atoms with Gasteiger partial charge in [0.15, 0.2) is 5.65 Å². The molecule has 2 heterocycles. The molecule has 2 aromatic rings. The van der Waals surface area contributed by atoms with E-state index in [0.29, 0.717) is 13.0 Å². The molecule has 0 spiro atoms. The molecule has 0 unspecified atom stereocenters. The van der Waals surface area contributed by atoms with Crippen LogP contribution in [0.4, 0.5) is 0 Å². The maximum atomic E-state index is 11.0. The van der Waals surface area contributed by atoms with Gasteiger partial charge in [0.2, 0.25) is 10.0 Å². The molecule has 7 heteroatoms. The first kappa shape index (κ1) is 13.0. The van der Waals surface area contributed by atoms with Crippen LogP contribution in [0.2, 0.25) is 0 Å². The highest BCUT2D eigenvalue weighted by Crippen LogP contribution is 2.10. The number of nitrogens with zero attached hydrogens (tertiary/aromatic N) is 3. The van der Waals surface area contributed by atoms with E-state index in [1.54, 1.807) is 0 Å². The first-order valence-electron chi connectivity index (χ1n) is 5.61. The Balaban J connectivity index is 2.26. The molecule has 18 heavy (non-hydrogen) atoms. The average Bonchev–Trinajstić information content (AvgIpc) is 2.56. The van der Waals surface area contributed by atoms with Crippen LogP contribution in [0.5, 0.6) is 0 Å².